The highest BCUT2D eigenvalue weighted by molar-refractivity contribution is 5.48. The minimum atomic E-state index is 0.0260. The van der Waals surface area contributed by atoms with Crippen LogP contribution in [-0.4, -0.2) is 23.9 Å². The highest BCUT2D eigenvalue weighted by atomic mass is 16.5. The monoisotopic (exact) mass is 312 g/mol. The summed E-state index contributed by atoms with van der Waals surface area (Å²) in [7, 11) is 1.61. The molecule has 3 nitrogen and oxygen atoms in total. The van der Waals surface area contributed by atoms with Crippen molar-refractivity contribution in [1.82, 2.24) is 0 Å². The van der Waals surface area contributed by atoms with Gasteiger partial charge in [-0.25, -0.2) is 0 Å². The molecule has 0 heterocycles. The number of hydrogen-bond donors (Lipinski definition) is 2. The van der Waals surface area contributed by atoms with Crippen LogP contribution in [0.25, 0.3) is 0 Å². The molecule has 0 aliphatic rings. The first-order valence-electron chi connectivity index (χ1n) is 7.83. The lowest BCUT2D eigenvalue weighted by molar-refractivity contribution is 0.331. The molecule has 3 heteroatoms. The lowest BCUT2D eigenvalue weighted by Gasteiger charge is -2.12. The molecule has 0 aliphatic heterocycles. The van der Waals surface area contributed by atoms with Gasteiger partial charge >= 0.3 is 0 Å². The molecule has 2 N–H and O–H groups in total. The molecule has 0 fully saturated rings. The van der Waals surface area contributed by atoms with Gasteiger partial charge in [0.1, 0.15) is 11.5 Å². The minimum absolute atomic E-state index is 0.0260. The summed E-state index contributed by atoms with van der Waals surface area (Å²) in [6.45, 7) is 1.88. The first kappa shape index (κ1) is 17.1. The van der Waals surface area contributed by atoms with E-state index in [1.54, 1.807) is 7.11 Å². The quantitative estimate of drug-likeness (QED) is 0.767. The maximum atomic E-state index is 10.3. The Kier molecular flexibility index (Phi) is 6.24. The fourth-order valence-electron chi connectivity index (χ4n) is 2.49. The van der Waals surface area contributed by atoms with E-state index in [4.69, 9.17) is 9.84 Å². The average molecular weight is 312 g/mol. The lowest BCUT2D eigenvalue weighted by atomic mass is 10.00. The summed E-state index contributed by atoms with van der Waals surface area (Å²) in [6.07, 6.45) is 4.22. The van der Waals surface area contributed by atoms with Crippen LogP contribution in [0.3, 0.4) is 0 Å². The largest absolute Gasteiger partial charge is 0.508 e. The number of methoxy groups -OCH3 is 1. The number of aromatic hydroxyl groups is 1. The molecule has 0 amide bonds. The van der Waals surface area contributed by atoms with E-state index in [9.17, 15) is 5.11 Å². The standard InChI is InChI=1S/C20H24O3/c1-15(14-21)8-11-18-19(22)12-17(13-20(18)23-2)10-9-16-6-4-3-5-7-16/h3-8,12-13,21-22H,9-11,14H2,1-2H3/b15-8-. The molecule has 2 aromatic carbocycles. The maximum absolute atomic E-state index is 10.3. The van der Waals surface area contributed by atoms with Crippen LogP contribution in [0.4, 0.5) is 0 Å². The molecule has 122 valence electrons. The number of phenolic OH excluding ortho intramolecular Hbond substituents is 1. The highest BCUT2D eigenvalue weighted by Gasteiger charge is 2.10. The average Bonchev–Trinajstić information content (AvgIpc) is 2.59. The van der Waals surface area contributed by atoms with Crippen molar-refractivity contribution >= 4 is 0 Å². The van der Waals surface area contributed by atoms with Crippen LogP contribution in [0.1, 0.15) is 23.6 Å². The van der Waals surface area contributed by atoms with Crippen LogP contribution in [0, 0.1) is 0 Å². The Morgan fingerprint density at radius 3 is 2.43 bits per heavy atom. The smallest absolute Gasteiger partial charge is 0.126 e. The van der Waals surface area contributed by atoms with Gasteiger partial charge in [-0.1, -0.05) is 42.0 Å². The van der Waals surface area contributed by atoms with Crippen LogP contribution >= 0.6 is 0 Å². The van der Waals surface area contributed by atoms with Gasteiger partial charge in [0.2, 0.25) is 0 Å². The molecule has 0 spiro atoms. The van der Waals surface area contributed by atoms with Gasteiger partial charge in [0.05, 0.1) is 13.7 Å². The molecule has 0 unspecified atom stereocenters. The van der Waals surface area contributed by atoms with Gasteiger partial charge in [-0.3, -0.25) is 0 Å². The Balaban J connectivity index is 2.15. The molecule has 2 rings (SSSR count). The Bertz CT molecular complexity index is 660. The number of aliphatic hydroxyl groups is 1. The number of rotatable bonds is 7. The van der Waals surface area contributed by atoms with Gasteiger partial charge in [-0.05, 0) is 49.4 Å². The second-order valence-electron chi connectivity index (χ2n) is 5.69. The SMILES string of the molecule is COc1cc(CCc2ccccc2)cc(O)c1C/C=C(/C)CO. The van der Waals surface area contributed by atoms with Crippen LogP contribution in [0.15, 0.2) is 54.1 Å². The second kappa shape index (κ2) is 8.39. The predicted octanol–water partition coefficient (Wildman–Crippen LogP) is 3.67. The van der Waals surface area contributed by atoms with Crippen molar-refractivity contribution in [3.63, 3.8) is 0 Å². The molecule has 0 radical (unpaired) electrons. The zero-order valence-electron chi connectivity index (χ0n) is 13.7. The summed E-state index contributed by atoms with van der Waals surface area (Å²) in [6, 6.07) is 14.1. The third kappa shape index (κ3) is 4.86. The molecule has 23 heavy (non-hydrogen) atoms. The molecule has 0 bridgehead atoms. The van der Waals surface area contributed by atoms with Gasteiger partial charge in [-0.15, -0.1) is 0 Å². The number of aliphatic hydroxyl groups excluding tert-OH is 1. The Labute approximate surface area is 137 Å². The maximum Gasteiger partial charge on any atom is 0.126 e. The normalized spacial score (nSPS) is 11.5. The predicted molar refractivity (Wildman–Crippen MR) is 93.1 cm³/mol. The van der Waals surface area contributed by atoms with Crippen molar-refractivity contribution in [3.8, 4) is 11.5 Å². The Hall–Kier alpha value is -2.26. The molecular formula is C20H24O3. The number of allylic oxidation sites excluding steroid dienone is 1. The van der Waals surface area contributed by atoms with Gasteiger partial charge in [0, 0.05) is 5.56 Å². The zero-order chi connectivity index (χ0) is 16.7. The van der Waals surface area contributed by atoms with Gasteiger partial charge in [0.25, 0.3) is 0 Å². The number of hydrogen-bond acceptors (Lipinski definition) is 3. The topological polar surface area (TPSA) is 49.7 Å². The fourth-order valence-corrected chi connectivity index (χ4v) is 2.49. The minimum Gasteiger partial charge on any atom is -0.508 e. The first-order valence-corrected chi connectivity index (χ1v) is 7.83. The third-order valence-corrected chi connectivity index (χ3v) is 3.91. The van der Waals surface area contributed by atoms with E-state index in [1.165, 1.54) is 5.56 Å². The van der Waals surface area contributed by atoms with Crippen molar-refractivity contribution < 1.29 is 14.9 Å². The summed E-state index contributed by atoms with van der Waals surface area (Å²) in [5.74, 6) is 0.935. The van der Waals surface area contributed by atoms with Gasteiger partial charge < -0.3 is 14.9 Å². The van der Waals surface area contributed by atoms with E-state index in [0.717, 1.165) is 29.5 Å². The van der Waals surface area contributed by atoms with Crippen LogP contribution in [0.2, 0.25) is 0 Å². The van der Waals surface area contributed by atoms with Gasteiger partial charge in [-0.2, -0.15) is 0 Å². The van der Waals surface area contributed by atoms with E-state index in [-0.39, 0.29) is 12.4 Å². The molecule has 0 aliphatic carbocycles. The summed E-state index contributed by atoms with van der Waals surface area (Å²) < 4.78 is 5.43. The van der Waals surface area contributed by atoms with Gasteiger partial charge in [0.15, 0.2) is 0 Å². The van der Waals surface area contributed by atoms with E-state index in [1.807, 2.05) is 43.3 Å². The van der Waals surface area contributed by atoms with Crippen LogP contribution < -0.4 is 4.74 Å². The van der Waals surface area contributed by atoms with E-state index >= 15 is 0 Å². The summed E-state index contributed by atoms with van der Waals surface area (Å²) in [4.78, 5) is 0. The molecule has 0 atom stereocenters. The third-order valence-electron chi connectivity index (χ3n) is 3.91. The zero-order valence-corrected chi connectivity index (χ0v) is 13.7. The fraction of sp³-hybridized carbons (Fsp3) is 0.300. The number of aryl methyl sites for hydroxylation is 2. The van der Waals surface area contributed by atoms with Crippen LogP contribution in [-0.2, 0) is 19.3 Å². The Morgan fingerprint density at radius 1 is 1.09 bits per heavy atom. The molecule has 2 aromatic rings. The van der Waals surface area contributed by atoms with Crippen molar-refractivity contribution in [1.29, 1.82) is 0 Å². The van der Waals surface area contributed by atoms with E-state index < -0.39 is 0 Å². The Morgan fingerprint density at radius 2 is 1.78 bits per heavy atom. The molecule has 0 aromatic heterocycles. The molecule has 0 saturated carbocycles. The van der Waals surface area contributed by atoms with Crippen molar-refractivity contribution in [3.05, 3.63) is 70.8 Å². The van der Waals surface area contributed by atoms with Crippen molar-refractivity contribution in [2.75, 3.05) is 13.7 Å². The first-order chi connectivity index (χ1) is 11.1. The van der Waals surface area contributed by atoms with Crippen molar-refractivity contribution in [2.24, 2.45) is 0 Å². The molecular weight excluding hydrogens is 288 g/mol. The van der Waals surface area contributed by atoms with Crippen molar-refractivity contribution in [2.45, 2.75) is 26.2 Å². The molecule has 0 saturated heterocycles. The van der Waals surface area contributed by atoms with Crippen LogP contribution in [0.5, 0.6) is 11.5 Å². The second-order valence-corrected chi connectivity index (χ2v) is 5.69. The van der Waals surface area contributed by atoms with E-state index in [0.29, 0.717) is 12.2 Å². The summed E-state index contributed by atoms with van der Waals surface area (Å²) >= 11 is 0. The number of ether oxygens (including phenoxy) is 1. The highest BCUT2D eigenvalue weighted by Crippen LogP contribution is 2.31. The summed E-state index contributed by atoms with van der Waals surface area (Å²) in [5, 5.41) is 19.4. The summed E-state index contributed by atoms with van der Waals surface area (Å²) in [5.41, 5.74) is 3.95. The van der Waals surface area contributed by atoms with E-state index in [2.05, 4.69) is 12.1 Å². The number of benzene rings is 2. The number of phenols is 1. The lowest BCUT2D eigenvalue weighted by Crippen LogP contribution is -1.97.